The SMILES string of the molecule is CCOc1ccc(CCNS(=O)(=O)c2cc(Br)ccc2Br)cc1. The number of nitrogens with one attached hydrogen (secondary N) is 1. The molecule has 0 radical (unpaired) electrons. The largest absolute Gasteiger partial charge is 0.494 e. The van der Waals surface area contributed by atoms with Crippen molar-refractivity contribution < 1.29 is 13.2 Å². The van der Waals surface area contributed by atoms with Gasteiger partial charge in [0.2, 0.25) is 10.0 Å². The standard InChI is InChI=1S/C16H17Br2NO3S/c1-2-22-14-6-3-12(4-7-14)9-10-19-23(20,21)16-11-13(17)5-8-15(16)18/h3-8,11,19H,2,9-10H2,1H3. The van der Waals surface area contributed by atoms with Gasteiger partial charge in [-0.25, -0.2) is 13.1 Å². The van der Waals surface area contributed by atoms with Gasteiger partial charge in [0.25, 0.3) is 0 Å². The molecule has 0 bridgehead atoms. The third kappa shape index (κ3) is 5.31. The third-order valence-corrected chi connectivity index (χ3v) is 6.07. The second-order valence-electron chi connectivity index (χ2n) is 4.80. The molecule has 0 fully saturated rings. The van der Waals surface area contributed by atoms with Gasteiger partial charge in [-0.1, -0.05) is 28.1 Å². The number of rotatable bonds is 7. The second kappa shape index (κ2) is 8.28. The molecule has 0 aromatic heterocycles. The molecule has 1 N–H and O–H groups in total. The first-order valence-corrected chi connectivity index (χ1v) is 10.2. The fourth-order valence-electron chi connectivity index (χ4n) is 2.01. The highest BCUT2D eigenvalue weighted by molar-refractivity contribution is 9.11. The molecule has 0 saturated carbocycles. The summed E-state index contributed by atoms with van der Waals surface area (Å²) >= 11 is 6.56. The summed E-state index contributed by atoms with van der Waals surface area (Å²) in [7, 11) is -3.55. The van der Waals surface area contributed by atoms with Crippen molar-refractivity contribution in [3.8, 4) is 5.75 Å². The first-order valence-electron chi connectivity index (χ1n) is 7.09. The van der Waals surface area contributed by atoms with Crippen LogP contribution >= 0.6 is 31.9 Å². The summed E-state index contributed by atoms with van der Waals surface area (Å²) in [4.78, 5) is 0.221. The van der Waals surface area contributed by atoms with Crippen LogP contribution in [0.3, 0.4) is 0 Å². The predicted molar refractivity (Wildman–Crippen MR) is 98.3 cm³/mol. The molecule has 2 rings (SSSR count). The van der Waals surface area contributed by atoms with Crippen molar-refractivity contribution in [2.75, 3.05) is 13.2 Å². The van der Waals surface area contributed by atoms with Crippen LogP contribution in [0.25, 0.3) is 0 Å². The Bertz CT molecular complexity index is 761. The van der Waals surface area contributed by atoms with E-state index in [0.717, 1.165) is 11.3 Å². The maximum atomic E-state index is 12.4. The zero-order chi connectivity index (χ0) is 16.9. The van der Waals surface area contributed by atoms with Gasteiger partial charge in [-0.3, -0.25) is 0 Å². The highest BCUT2D eigenvalue weighted by atomic mass is 79.9. The molecule has 0 spiro atoms. The Hall–Kier alpha value is -0.890. The number of hydrogen-bond donors (Lipinski definition) is 1. The zero-order valence-corrected chi connectivity index (χ0v) is 16.5. The summed E-state index contributed by atoms with van der Waals surface area (Å²) in [5, 5.41) is 0. The molecule has 0 aliphatic rings. The Morgan fingerprint density at radius 3 is 2.43 bits per heavy atom. The lowest BCUT2D eigenvalue weighted by Gasteiger charge is -2.09. The summed E-state index contributed by atoms with van der Waals surface area (Å²) < 4.78 is 34.0. The molecule has 4 nitrogen and oxygen atoms in total. The molecular formula is C16H17Br2NO3S. The minimum absolute atomic E-state index is 0.221. The van der Waals surface area contributed by atoms with Crippen LogP contribution in [-0.2, 0) is 16.4 Å². The minimum Gasteiger partial charge on any atom is -0.494 e. The lowest BCUT2D eigenvalue weighted by atomic mass is 10.1. The predicted octanol–water partition coefficient (Wildman–Crippen LogP) is 4.13. The van der Waals surface area contributed by atoms with E-state index in [9.17, 15) is 8.42 Å². The number of sulfonamides is 1. The summed E-state index contributed by atoms with van der Waals surface area (Å²) in [5.41, 5.74) is 1.05. The number of hydrogen-bond acceptors (Lipinski definition) is 3. The van der Waals surface area contributed by atoms with Crippen molar-refractivity contribution in [3.63, 3.8) is 0 Å². The highest BCUT2D eigenvalue weighted by Gasteiger charge is 2.17. The molecule has 23 heavy (non-hydrogen) atoms. The van der Waals surface area contributed by atoms with Gasteiger partial charge in [0.15, 0.2) is 0 Å². The molecule has 0 heterocycles. The van der Waals surface area contributed by atoms with Crippen LogP contribution in [0.2, 0.25) is 0 Å². The van der Waals surface area contributed by atoms with Crippen molar-refractivity contribution in [2.24, 2.45) is 0 Å². The van der Waals surface area contributed by atoms with Gasteiger partial charge in [0.05, 0.1) is 11.5 Å². The van der Waals surface area contributed by atoms with Crippen molar-refractivity contribution in [1.82, 2.24) is 4.72 Å². The van der Waals surface area contributed by atoms with Gasteiger partial charge in [-0.05, 0) is 65.2 Å². The minimum atomic E-state index is -3.55. The molecule has 0 unspecified atom stereocenters. The van der Waals surface area contributed by atoms with E-state index in [-0.39, 0.29) is 4.90 Å². The number of ether oxygens (including phenoxy) is 1. The Morgan fingerprint density at radius 1 is 1.09 bits per heavy atom. The Labute approximate surface area is 153 Å². The lowest BCUT2D eigenvalue weighted by molar-refractivity contribution is 0.340. The van der Waals surface area contributed by atoms with Crippen LogP contribution < -0.4 is 9.46 Å². The molecule has 0 atom stereocenters. The van der Waals surface area contributed by atoms with E-state index in [0.29, 0.717) is 28.5 Å². The van der Waals surface area contributed by atoms with Gasteiger partial charge in [-0.2, -0.15) is 0 Å². The maximum Gasteiger partial charge on any atom is 0.241 e. The summed E-state index contributed by atoms with van der Waals surface area (Å²) in [6.45, 7) is 2.89. The summed E-state index contributed by atoms with van der Waals surface area (Å²) in [6, 6.07) is 12.7. The van der Waals surface area contributed by atoms with Gasteiger partial charge < -0.3 is 4.74 Å². The molecule has 0 saturated heterocycles. The van der Waals surface area contributed by atoms with Gasteiger partial charge >= 0.3 is 0 Å². The normalized spacial score (nSPS) is 11.4. The Kier molecular flexibility index (Phi) is 6.64. The first-order chi connectivity index (χ1) is 10.9. The van der Waals surface area contributed by atoms with E-state index in [4.69, 9.17) is 4.74 Å². The molecule has 7 heteroatoms. The number of benzene rings is 2. The molecule has 0 aliphatic heterocycles. The monoisotopic (exact) mass is 461 g/mol. The van der Waals surface area contributed by atoms with E-state index >= 15 is 0 Å². The van der Waals surface area contributed by atoms with E-state index in [2.05, 4.69) is 36.6 Å². The fraction of sp³-hybridized carbons (Fsp3) is 0.250. The molecule has 0 aliphatic carbocycles. The third-order valence-electron chi connectivity index (χ3n) is 3.12. The summed E-state index contributed by atoms with van der Waals surface area (Å²) in [6.07, 6.45) is 0.608. The molecular weight excluding hydrogens is 446 g/mol. The lowest BCUT2D eigenvalue weighted by Crippen LogP contribution is -2.26. The average molecular weight is 463 g/mol. The van der Waals surface area contributed by atoms with Crippen LogP contribution in [-0.4, -0.2) is 21.6 Å². The van der Waals surface area contributed by atoms with Crippen molar-refractivity contribution >= 4 is 41.9 Å². The van der Waals surface area contributed by atoms with Crippen LogP contribution in [0.4, 0.5) is 0 Å². The fourth-order valence-corrected chi connectivity index (χ4v) is 4.54. The van der Waals surface area contributed by atoms with Crippen molar-refractivity contribution in [3.05, 3.63) is 57.0 Å². The first kappa shape index (κ1) is 18.4. The smallest absolute Gasteiger partial charge is 0.241 e. The molecule has 0 amide bonds. The second-order valence-corrected chi connectivity index (χ2v) is 8.30. The van der Waals surface area contributed by atoms with Crippen LogP contribution in [0.1, 0.15) is 12.5 Å². The Morgan fingerprint density at radius 2 is 1.78 bits per heavy atom. The van der Waals surface area contributed by atoms with E-state index in [1.165, 1.54) is 0 Å². The number of halogens is 2. The topological polar surface area (TPSA) is 55.4 Å². The van der Waals surface area contributed by atoms with Crippen LogP contribution in [0.5, 0.6) is 5.75 Å². The maximum absolute atomic E-state index is 12.4. The van der Waals surface area contributed by atoms with Crippen LogP contribution in [0, 0.1) is 0 Å². The summed E-state index contributed by atoms with van der Waals surface area (Å²) in [5.74, 6) is 0.815. The van der Waals surface area contributed by atoms with E-state index in [1.54, 1.807) is 18.2 Å². The Balaban J connectivity index is 1.98. The molecule has 2 aromatic carbocycles. The van der Waals surface area contributed by atoms with Gasteiger partial charge in [-0.15, -0.1) is 0 Å². The van der Waals surface area contributed by atoms with Gasteiger partial charge in [0.1, 0.15) is 5.75 Å². The van der Waals surface area contributed by atoms with E-state index in [1.807, 2.05) is 31.2 Å². The van der Waals surface area contributed by atoms with E-state index < -0.39 is 10.0 Å². The zero-order valence-electron chi connectivity index (χ0n) is 12.6. The quantitative estimate of drug-likeness (QED) is 0.672. The average Bonchev–Trinajstić information content (AvgIpc) is 2.51. The van der Waals surface area contributed by atoms with Crippen molar-refractivity contribution in [2.45, 2.75) is 18.2 Å². The molecule has 124 valence electrons. The van der Waals surface area contributed by atoms with Crippen molar-refractivity contribution in [1.29, 1.82) is 0 Å². The van der Waals surface area contributed by atoms with Crippen LogP contribution in [0.15, 0.2) is 56.3 Å². The van der Waals surface area contributed by atoms with Gasteiger partial charge in [0, 0.05) is 15.5 Å². The molecule has 2 aromatic rings. The highest BCUT2D eigenvalue weighted by Crippen LogP contribution is 2.25.